The number of aromatic nitrogens is 4. The first kappa shape index (κ1) is 16.6. The maximum absolute atomic E-state index is 12.4. The number of benzene rings is 1. The lowest BCUT2D eigenvalue weighted by Gasteiger charge is -2.13. The van der Waals surface area contributed by atoms with Gasteiger partial charge in [0.15, 0.2) is 17.0 Å². The standard InChI is InChI=1S/C17H17N5O4/c23-7-12-11(24)6-13(26-12)22-9-20-14-15(18-8-19-16(14)22)21-17(25)10-4-2-1-3-5-10/h1-5,8-9,11-13,23-24H,6-7H2,(H,18,19,21,25)/t11-,12-,13-/m0/s1. The van der Waals surface area contributed by atoms with Crippen molar-refractivity contribution < 1.29 is 19.7 Å². The van der Waals surface area contributed by atoms with E-state index in [1.54, 1.807) is 28.8 Å². The zero-order valence-electron chi connectivity index (χ0n) is 13.7. The number of aliphatic hydroxyl groups is 2. The highest BCUT2D eigenvalue weighted by Gasteiger charge is 2.35. The Labute approximate surface area is 148 Å². The number of carbonyl (C=O) groups excluding carboxylic acids is 1. The van der Waals surface area contributed by atoms with Crippen LogP contribution in [0, 0.1) is 0 Å². The SMILES string of the molecule is O=C(Nc1ncnc2c1ncn2[C@@H]1C[C@H](O)[C@H](CO)O1)c1ccccc1. The molecule has 1 aliphatic rings. The monoisotopic (exact) mass is 355 g/mol. The third kappa shape index (κ3) is 2.92. The molecule has 0 radical (unpaired) electrons. The van der Waals surface area contributed by atoms with Crippen molar-refractivity contribution in [1.82, 2.24) is 19.5 Å². The molecule has 0 spiro atoms. The van der Waals surface area contributed by atoms with Crippen LogP contribution in [0.15, 0.2) is 43.0 Å². The van der Waals surface area contributed by atoms with Gasteiger partial charge in [0.05, 0.1) is 19.0 Å². The number of amides is 1. The van der Waals surface area contributed by atoms with Gasteiger partial charge in [0.25, 0.3) is 5.91 Å². The van der Waals surface area contributed by atoms with Crippen molar-refractivity contribution in [3.8, 4) is 0 Å². The summed E-state index contributed by atoms with van der Waals surface area (Å²) < 4.78 is 7.30. The predicted octanol–water partition coefficient (Wildman–Crippen LogP) is 0.719. The van der Waals surface area contributed by atoms with Gasteiger partial charge in [-0.1, -0.05) is 18.2 Å². The zero-order valence-corrected chi connectivity index (χ0v) is 13.7. The number of nitrogens with one attached hydrogen (secondary N) is 1. The first-order valence-electron chi connectivity index (χ1n) is 8.15. The molecule has 0 aliphatic carbocycles. The molecule has 4 rings (SSSR count). The number of nitrogens with zero attached hydrogens (tertiary/aromatic N) is 4. The average Bonchev–Trinajstić information content (AvgIpc) is 3.26. The number of fused-ring (bicyclic) bond motifs is 1. The summed E-state index contributed by atoms with van der Waals surface area (Å²) >= 11 is 0. The highest BCUT2D eigenvalue weighted by Crippen LogP contribution is 2.31. The van der Waals surface area contributed by atoms with Crippen molar-refractivity contribution in [3.63, 3.8) is 0 Å². The topological polar surface area (TPSA) is 122 Å². The summed E-state index contributed by atoms with van der Waals surface area (Å²) in [4.78, 5) is 25.0. The number of imidazole rings is 1. The van der Waals surface area contributed by atoms with E-state index in [9.17, 15) is 15.0 Å². The second-order valence-electron chi connectivity index (χ2n) is 5.98. The Morgan fingerprint density at radius 2 is 2.08 bits per heavy atom. The lowest BCUT2D eigenvalue weighted by molar-refractivity contribution is -0.0432. The summed E-state index contributed by atoms with van der Waals surface area (Å²) in [5.41, 5.74) is 1.40. The Balaban J connectivity index is 1.63. The van der Waals surface area contributed by atoms with Crippen molar-refractivity contribution in [2.24, 2.45) is 0 Å². The van der Waals surface area contributed by atoms with Crippen LogP contribution in [0.1, 0.15) is 23.0 Å². The highest BCUT2D eigenvalue weighted by atomic mass is 16.5. The van der Waals surface area contributed by atoms with E-state index in [-0.39, 0.29) is 12.5 Å². The Morgan fingerprint density at radius 1 is 1.27 bits per heavy atom. The summed E-state index contributed by atoms with van der Waals surface area (Å²) in [6.45, 7) is -0.266. The quantitative estimate of drug-likeness (QED) is 0.630. The first-order chi connectivity index (χ1) is 12.7. The molecule has 1 saturated heterocycles. The second-order valence-corrected chi connectivity index (χ2v) is 5.98. The van der Waals surface area contributed by atoms with Crippen LogP contribution in [0.2, 0.25) is 0 Å². The van der Waals surface area contributed by atoms with E-state index in [4.69, 9.17) is 4.74 Å². The molecule has 3 heterocycles. The molecule has 134 valence electrons. The number of hydrogen-bond donors (Lipinski definition) is 3. The van der Waals surface area contributed by atoms with Crippen LogP contribution in [0.25, 0.3) is 11.2 Å². The van der Waals surface area contributed by atoms with Crippen LogP contribution in [0.3, 0.4) is 0 Å². The lowest BCUT2D eigenvalue weighted by Crippen LogP contribution is -2.24. The van der Waals surface area contributed by atoms with Crippen LogP contribution < -0.4 is 5.32 Å². The second kappa shape index (κ2) is 6.79. The molecular formula is C17H17N5O4. The summed E-state index contributed by atoms with van der Waals surface area (Å²) in [7, 11) is 0. The lowest BCUT2D eigenvalue weighted by atomic mass is 10.2. The van der Waals surface area contributed by atoms with Crippen molar-refractivity contribution >= 4 is 22.9 Å². The highest BCUT2D eigenvalue weighted by molar-refractivity contribution is 6.06. The molecule has 1 fully saturated rings. The summed E-state index contributed by atoms with van der Waals surface area (Å²) in [5, 5.41) is 21.9. The van der Waals surface area contributed by atoms with Gasteiger partial charge in [0, 0.05) is 12.0 Å². The maximum atomic E-state index is 12.4. The Bertz CT molecular complexity index is 929. The van der Waals surface area contributed by atoms with Crippen molar-refractivity contribution in [2.75, 3.05) is 11.9 Å². The van der Waals surface area contributed by atoms with Crippen molar-refractivity contribution in [3.05, 3.63) is 48.5 Å². The molecule has 3 atom stereocenters. The Morgan fingerprint density at radius 3 is 2.81 bits per heavy atom. The third-order valence-corrected chi connectivity index (χ3v) is 4.32. The third-order valence-electron chi connectivity index (χ3n) is 4.32. The molecule has 0 unspecified atom stereocenters. The average molecular weight is 355 g/mol. The Hall–Kier alpha value is -2.88. The van der Waals surface area contributed by atoms with Gasteiger partial charge in [0.1, 0.15) is 18.7 Å². The molecule has 1 aromatic carbocycles. The molecule has 9 heteroatoms. The van der Waals surface area contributed by atoms with E-state index in [1.165, 1.54) is 12.7 Å². The molecule has 2 aromatic heterocycles. The minimum Gasteiger partial charge on any atom is -0.394 e. The molecule has 0 bridgehead atoms. The predicted molar refractivity (Wildman–Crippen MR) is 91.3 cm³/mol. The summed E-state index contributed by atoms with van der Waals surface area (Å²) in [6.07, 6.45) is 1.26. The molecular weight excluding hydrogens is 338 g/mol. The smallest absolute Gasteiger partial charge is 0.256 e. The zero-order chi connectivity index (χ0) is 18.1. The molecule has 3 aromatic rings. The fourth-order valence-corrected chi connectivity index (χ4v) is 2.97. The van der Waals surface area contributed by atoms with Gasteiger partial charge in [-0.15, -0.1) is 0 Å². The van der Waals surface area contributed by atoms with Gasteiger partial charge in [-0.05, 0) is 12.1 Å². The largest absolute Gasteiger partial charge is 0.394 e. The minimum absolute atomic E-state index is 0.266. The van der Waals surface area contributed by atoms with Crippen LogP contribution in [-0.2, 0) is 4.74 Å². The van der Waals surface area contributed by atoms with Crippen LogP contribution >= 0.6 is 0 Å². The number of hydrogen-bond acceptors (Lipinski definition) is 7. The van der Waals surface area contributed by atoms with E-state index >= 15 is 0 Å². The number of rotatable bonds is 4. The molecule has 1 aliphatic heterocycles. The van der Waals surface area contributed by atoms with E-state index in [0.717, 1.165) is 0 Å². The molecule has 3 N–H and O–H groups in total. The summed E-state index contributed by atoms with van der Waals surface area (Å²) in [6, 6.07) is 8.79. The number of aliphatic hydroxyl groups excluding tert-OH is 2. The normalized spacial score (nSPS) is 22.6. The summed E-state index contributed by atoms with van der Waals surface area (Å²) in [5.74, 6) is -0.00658. The molecule has 26 heavy (non-hydrogen) atoms. The van der Waals surface area contributed by atoms with Gasteiger partial charge in [-0.2, -0.15) is 0 Å². The van der Waals surface area contributed by atoms with Gasteiger partial charge in [-0.3, -0.25) is 9.36 Å². The van der Waals surface area contributed by atoms with E-state index in [2.05, 4.69) is 20.3 Å². The molecule has 0 saturated carbocycles. The van der Waals surface area contributed by atoms with Crippen LogP contribution in [-0.4, -0.2) is 54.5 Å². The molecule has 9 nitrogen and oxygen atoms in total. The van der Waals surface area contributed by atoms with Gasteiger partial charge >= 0.3 is 0 Å². The minimum atomic E-state index is -0.762. The Kier molecular flexibility index (Phi) is 4.33. The van der Waals surface area contributed by atoms with Gasteiger partial charge in [0.2, 0.25) is 0 Å². The van der Waals surface area contributed by atoms with Gasteiger partial charge in [-0.25, -0.2) is 15.0 Å². The fraction of sp³-hybridized carbons (Fsp3) is 0.294. The maximum Gasteiger partial charge on any atom is 0.256 e. The molecule has 1 amide bonds. The van der Waals surface area contributed by atoms with Crippen LogP contribution in [0.4, 0.5) is 5.82 Å². The fourth-order valence-electron chi connectivity index (χ4n) is 2.97. The van der Waals surface area contributed by atoms with E-state index < -0.39 is 18.4 Å². The van der Waals surface area contributed by atoms with E-state index in [0.29, 0.717) is 29.0 Å². The first-order valence-corrected chi connectivity index (χ1v) is 8.15. The number of ether oxygens (including phenoxy) is 1. The van der Waals surface area contributed by atoms with Gasteiger partial charge < -0.3 is 20.3 Å². The number of anilines is 1. The van der Waals surface area contributed by atoms with Crippen molar-refractivity contribution in [2.45, 2.75) is 24.9 Å². The van der Waals surface area contributed by atoms with E-state index in [1.807, 2.05) is 6.07 Å². The van der Waals surface area contributed by atoms with Crippen LogP contribution in [0.5, 0.6) is 0 Å². The number of carbonyl (C=O) groups is 1. The van der Waals surface area contributed by atoms with Crippen molar-refractivity contribution in [1.29, 1.82) is 0 Å².